The first-order valence-corrected chi connectivity index (χ1v) is 8.01. The Balaban J connectivity index is 2.21. The summed E-state index contributed by atoms with van der Waals surface area (Å²) >= 11 is 4.03. The van der Waals surface area contributed by atoms with Crippen LogP contribution < -0.4 is 9.47 Å². The number of ether oxygens (including phenoxy) is 2. The van der Waals surface area contributed by atoms with Crippen molar-refractivity contribution in [3.05, 3.63) is 23.8 Å². The Bertz CT molecular complexity index is 662. The molecule has 2 atom stereocenters. The average Bonchev–Trinajstić information content (AvgIpc) is 3.00. The van der Waals surface area contributed by atoms with Gasteiger partial charge in [0.2, 0.25) is 12.7 Å². The van der Waals surface area contributed by atoms with Crippen LogP contribution in [0.3, 0.4) is 0 Å². The van der Waals surface area contributed by atoms with E-state index in [2.05, 4.69) is 12.6 Å². The number of hydrogen-bond donors (Lipinski definition) is 2. The number of thiol groups is 1. The van der Waals surface area contributed by atoms with Gasteiger partial charge in [0.05, 0.1) is 5.88 Å². The number of carbonyl (C=O) groups excluding carboxylic acids is 2. The maximum absolute atomic E-state index is 12.6. The quantitative estimate of drug-likeness (QED) is 0.437. The van der Waals surface area contributed by atoms with Gasteiger partial charge < -0.3 is 19.5 Å². The molecule has 2 rings (SSSR count). The van der Waals surface area contributed by atoms with Gasteiger partial charge in [0.25, 0.3) is 0 Å². The summed E-state index contributed by atoms with van der Waals surface area (Å²) in [7, 11) is 0. The van der Waals surface area contributed by atoms with Crippen LogP contribution in [-0.4, -0.2) is 46.4 Å². The van der Waals surface area contributed by atoms with Crippen LogP contribution in [-0.2, 0) is 20.8 Å². The van der Waals surface area contributed by atoms with Gasteiger partial charge in [-0.2, -0.15) is 12.6 Å². The molecular weight excluding hydrogens is 334 g/mol. The Morgan fingerprint density at radius 3 is 2.54 bits per heavy atom. The summed E-state index contributed by atoms with van der Waals surface area (Å²) in [5, 5.41) is 9.11. The van der Waals surface area contributed by atoms with E-state index in [-0.39, 0.29) is 24.9 Å². The largest absolute Gasteiger partial charge is 0.480 e. The molecule has 0 saturated heterocycles. The second kappa shape index (κ2) is 7.57. The van der Waals surface area contributed by atoms with Crippen molar-refractivity contribution in [2.24, 2.45) is 5.92 Å². The Morgan fingerprint density at radius 2 is 1.96 bits per heavy atom. The summed E-state index contributed by atoms with van der Waals surface area (Å²) in [6.45, 7) is 2.84. The predicted octanol–water partition coefficient (Wildman–Crippen LogP) is 1.35. The summed E-state index contributed by atoms with van der Waals surface area (Å²) in [5.74, 6) is -1.92. The molecule has 1 aliphatic rings. The number of aliphatic carboxylic acids is 1. The molecule has 0 aliphatic carbocycles. The van der Waals surface area contributed by atoms with E-state index in [1.165, 1.54) is 13.8 Å². The predicted molar refractivity (Wildman–Crippen MR) is 88.2 cm³/mol. The molecule has 130 valence electrons. The summed E-state index contributed by atoms with van der Waals surface area (Å²) in [6.07, 6.45) is 0.154. The zero-order valence-corrected chi connectivity index (χ0v) is 14.3. The zero-order chi connectivity index (χ0) is 17.9. The first-order chi connectivity index (χ1) is 11.3. The summed E-state index contributed by atoms with van der Waals surface area (Å²) in [6, 6.07) is 4.13. The molecular formula is C16H19NO6S. The van der Waals surface area contributed by atoms with Gasteiger partial charge in [0.1, 0.15) is 17.7 Å². The standard InChI is InChI=1S/C16H19NO6S/c1-9(16(20)21)17(7-24)15(19)12(10(2)18)5-11-3-4-13-14(6-11)23-8-22-13/h3-4,6,9,12,24H,5,7-8H2,1-2H3,(H,20,21). The maximum Gasteiger partial charge on any atom is 0.326 e. The van der Waals surface area contributed by atoms with Crippen molar-refractivity contribution in [1.82, 2.24) is 4.90 Å². The number of carbonyl (C=O) groups is 3. The number of fused-ring (bicyclic) bond motifs is 1. The third kappa shape index (κ3) is 3.81. The Kier molecular flexibility index (Phi) is 5.71. The van der Waals surface area contributed by atoms with Crippen molar-refractivity contribution in [2.75, 3.05) is 12.7 Å². The van der Waals surface area contributed by atoms with Gasteiger partial charge in [-0.15, -0.1) is 0 Å². The summed E-state index contributed by atoms with van der Waals surface area (Å²) < 4.78 is 10.5. The van der Waals surface area contributed by atoms with E-state index < -0.39 is 23.8 Å². The number of benzene rings is 1. The lowest BCUT2D eigenvalue weighted by atomic mass is 9.94. The van der Waals surface area contributed by atoms with Gasteiger partial charge >= 0.3 is 5.97 Å². The first-order valence-electron chi connectivity index (χ1n) is 7.38. The number of carboxylic acids is 1. The van der Waals surface area contributed by atoms with Crippen LogP contribution >= 0.6 is 12.6 Å². The number of carboxylic acid groups (broad SMARTS) is 1. The Morgan fingerprint density at radius 1 is 1.29 bits per heavy atom. The smallest absolute Gasteiger partial charge is 0.326 e. The van der Waals surface area contributed by atoms with Crippen LogP contribution in [0.25, 0.3) is 0 Å². The summed E-state index contributed by atoms with van der Waals surface area (Å²) in [5.41, 5.74) is 0.731. The fourth-order valence-corrected chi connectivity index (χ4v) is 2.81. The highest BCUT2D eigenvalue weighted by atomic mass is 32.1. The van der Waals surface area contributed by atoms with E-state index in [4.69, 9.17) is 14.6 Å². The molecule has 0 fully saturated rings. The molecule has 0 saturated carbocycles. The van der Waals surface area contributed by atoms with Crippen molar-refractivity contribution < 1.29 is 29.0 Å². The topological polar surface area (TPSA) is 93.1 Å². The van der Waals surface area contributed by atoms with Crippen molar-refractivity contribution in [2.45, 2.75) is 26.3 Å². The number of Topliss-reactive ketones (excluding diaryl/α,β-unsaturated/α-hetero) is 1. The molecule has 1 aromatic carbocycles. The minimum absolute atomic E-state index is 0.0861. The lowest BCUT2D eigenvalue weighted by molar-refractivity contribution is -0.151. The first kappa shape index (κ1) is 18.1. The average molecular weight is 353 g/mol. The zero-order valence-electron chi connectivity index (χ0n) is 13.4. The molecule has 0 radical (unpaired) electrons. The molecule has 24 heavy (non-hydrogen) atoms. The minimum atomic E-state index is -1.15. The second-order valence-corrected chi connectivity index (χ2v) is 5.80. The van der Waals surface area contributed by atoms with Crippen molar-refractivity contribution in [3.8, 4) is 11.5 Å². The summed E-state index contributed by atoms with van der Waals surface area (Å²) in [4.78, 5) is 36.8. The van der Waals surface area contributed by atoms with E-state index in [1.54, 1.807) is 18.2 Å². The number of nitrogens with zero attached hydrogens (tertiary/aromatic N) is 1. The molecule has 0 bridgehead atoms. The molecule has 7 nitrogen and oxygen atoms in total. The Labute approximate surface area is 144 Å². The second-order valence-electron chi connectivity index (χ2n) is 5.52. The molecule has 0 spiro atoms. The molecule has 1 N–H and O–H groups in total. The fourth-order valence-electron chi connectivity index (χ4n) is 2.43. The van der Waals surface area contributed by atoms with Gasteiger partial charge in [-0.3, -0.25) is 9.59 Å². The lowest BCUT2D eigenvalue weighted by Gasteiger charge is -2.28. The van der Waals surface area contributed by atoms with Crippen molar-refractivity contribution in [1.29, 1.82) is 0 Å². The minimum Gasteiger partial charge on any atom is -0.480 e. The van der Waals surface area contributed by atoms with Crippen LogP contribution in [0.1, 0.15) is 19.4 Å². The van der Waals surface area contributed by atoms with E-state index in [9.17, 15) is 14.4 Å². The normalized spacial score (nSPS) is 14.8. The highest BCUT2D eigenvalue weighted by Gasteiger charge is 2.33. The Hall–Kier alpha value is -2.22. The molecule has 0 aromatic heterocycles. The third-order valence-corrected chi connectivity index (χ3v) is 4.23. The van der Waals surface area contributed by atoms with E-state index in [0.717, 1.165) is 10.5 Å². The van der Waals surface area contributed by atoms with E-state index >= 15 is 0 Å². The van der Waals surface area contributed by atoms with Gasteiger partial charge in [-0.1, -0.05) is 6.07 Å². The van der Waals surface area contributed by atoms with E-state index in [0.29, 0.717) is 11.5 Å². The molecule has 2 unspecified atom stereocenters. The van der Waals surface area contributed by atoms with Crippen molar-refractivity contribution >= 4 is 30.3 Å². The molecule has 1 aliphatic heterocycles. The molecule has 1 aromatic rings. The number of rotatable bonds is 7. The van der Waals surface area contributed by atoms with Gasteiger partial charge in [0.15, 0.2) is 11.5 Å². The van der Waals surface area contributed by atoms with Crippen LogP contribution in [0.5, 0.6) is 11.5 Å². The monoisotopic (exact) mass is 353 g/mol. The van der Waals surface area contributed by atoms with Crippen molar-refractivity contribution in [3.63, 3.8) is 0 Å². The SMILES string of the molecule is CC(=O)C(Cc1ccc2c(c1)OCO2)C(=O)N(CS)C(C)C(=O)O. The number of ketones is 1. The van der Waals surface area contributed by atoms with E-state index in [1.807, 2.05) is 0 Å². The van der Waals surface area contributed by atoms with Gasteiger partial charge in [0, 0.05) is 0 Å². The molecule has 8 heteroatoms. The van der Waals surface area contributed by atoms with Gasteiger partial charge in [-0.25, -0.2) is 4.79 Å². The third-order valence-electron chi connectivity index (χ3n) is 3.93. The highest BCUT2D eigenvalue weighted by molar-refractivity contribution is 7.80. The molecule has 1 heterocycles. The number of hydrogen-bond acceptors (Lipinski definition) is 6. The maximum atomic E-state index is 12.6. The molecule has 1 amide bonds. The lowest BCUT2D eigenvalue weighted by Crippen LogP contribution is -2.47. The van der Waals surface area contributed by atoms with Crippen LogP contribution in [0.2, 0.25) is 0 Å². The van der Waals surface area contributed by atoms with Crippen LogP contribution in [0.4, 0.5) is 0 Å². The fraction of sp³-hybridized carbons (Fsp3) is 0.438. The van der Waals surface area contributed by atoms with Crippen LogP contribution in [0.15, 0.2) is 18.2 Å². The van der Waals surface area contributed by atoms with Crippen LogP contribution in [0, 0.1) is 5.92 Å². The van der Waals surface area contributed by atoms with Gasteiger partial charge in [-0.05, 0) is 38.0 Å². The highest BCUT2D eigenvalue weighted by Crippen LogP contribution is 2.33. The number of amides is 1.